The molecule has 0 saturated heterocycles. The molecule has 0 bridgehead atoms. The van der Waals surface area contributed by atoms with Gasteiger partial charge in [-0.1, -0.05) is 23.2 Å². The fraction of sp³-hybridized carbons (Fsp3) is 0.176. The Labute approximate surface area is 159 Å². The number of hydrogen-bond donors (Lipinski definition) is 2. The third-order valence-corrected chi connectivity index (χ3v) is 4.91. The zero-order chi connectivity index (χ0) is 18.4. The summed E-state index contributed by atoms with van der Waals surface area (Å²) < 4.78 is 5.16. The van der Waals surface area contributed by atoms with E-state index in [1.807, 2.05) is 0 Å². The zero-order valence-electron chi connectivity index (χ0n) is 13.3. The van der Waals surface area contributed by atoms with E-state index in [0.717, 1.165) is 4.90 Å². The average molecular weight is 399 g/mol. The minimum atomic E-state index is -0.553. The van der Waals surface area contributed by atoms with Gasteiger partial charge in [-0.25, -0.2) is 0 Å². The third kappa shape index (κ3) is 6.16. The summed E-state index contributed by atoms with van der Waals surface area (Å²) in [7, 11) is 0. The summed E-state index contributed by atoms with van der Waals surface area (Å²) in [6, 6.07) is 11.8. The molecule has 0 saturated carbocycles. The van der Waals surface area contributed by atoms with Crippen LogP contribution in [-0.2, 0) is 9.59 Å². The quantitative estimate of drug-likeness (QED) is 0.691. The largest absolute Gasteiger partial charge is 0.484 e. The fourth-order valence-corrected chi connectivity index (χ4v) is 3.25. The molecule has 1 unspecified atom stereocenters. The summed E-state index contributed by atoms with van der Waals surface area (Å²) in [5, 5.41) is 3.54. The van der Waals surface area contributed by atoms with Gasteiger partial charge in [0.25, 0.3) is 5.91 Å². The Hall–Kier alpha value is -1.89. The number of nitrogens with one attached hydrogen (secondary N) is 1. The highest BCUT2D eigenvalue weighted by Crippen LogP contribution is 2.33. The molecule has 132 valence electrons. The number of hydrogen-bond acceptors (Lipinski definition) is 4. The van der Waals surface area contributed by atoms with Gasteiger partial charge in [0.05, 0.1) is 10.3 Å². The first-order chi connectivity index (χ1) is 11.8. The van der Waals surface area contributed by atoms with Crippen molar-refractivity contribution in [2.45, 2.75) is 17.1 Å². The Morgan fingerprint density at radius 1 is 1.20 bits per heavy atom. The number of rotatable bonds is 7. The van der Waals surface area contributed by atoms with Crippen LogP contribution in [0, 0.1) is 0 Å². The summed E-state index contributed by atoms with van der Waals surface area (Å²) in [5.41, 5.74) is 5.62. The monoisotopic (exact) mass is 398 g/mol. The van der Waals surface area contributed by atoms with Gasteiger partial charge in [0.1, 0.15) is 5.75 Å². The van der Waals surface area contributed by atoms with Gasteiger partial charge in [-0.2, -0.15) is 0 Å². The Balaban J connectivity index is 1.94. The minimum Gasteiger partial charge on any atom is -0.484 e. The van der Waals surface area contributed by atoms with Crippen LogP contribution < -0.4 is 15.8 Å². The number of ether oxygens (including phenoxy) is 1. The molecule has 2 aromatic carbocycles. The van der Waals surface area contributed by atoms with E-state index in [9.17, 15) is 9.59 Å². The molecule has 0 aromatic heterocycles. The number of nitrogens with two attached hydrogens (primary N) is 1. The topological polar surface area (TPSA) is 81.4 Å². The molecule has 0 fully saturated rings. The molecule has 0 aliphatic rings. The Morgan fingerprint density at radius 2 is 1.88 bits per heavy atom. The maximum absolute atomic E-state index is 12.3. The van der Waals surface area contributed by atoms with E-state index in [-0.39, 0.29) is 17.8 Å². The minimum absolute atomic E-state index is 0.174. The van der Waals surface area contributed by atoms with Gasteiger partial charge in [0.2, 0.25) is 5.91 Å². The van der Waals surface area contributed by atoms with Crippen molar-refractivity contribution in [1.29, 1.82) is 0 Å². The van der Waals surface area contributed by atoms with Crippen LogP contribution in [0.4, 0.5) is 5.69 Å². The number of amides is 2. The molecule has 0 aliphatic carbocycles. The lowest BCUT2D eigenvalue weighted by Crippen LogP contribution is -2.22. The second-order valence-corrected chi connectivity index (χ2v) is 7.33. The van der Waals surface area contributed by atoms with Crippen molar-refractivity contribution in [2.24, 2.45) is 5.73 Å². The summed E-state index contributed by atoms with van der Waals surface area (Å²) >= 11 is 13.4. The highest BCUT2D eigenvalue weighted by atomic mass is 35.5. The van der Waals surface area contributed by atoms with Gasteiger partial charge < -0.3 is 15.8 Å². The number of primary amides is 1. The van der Waals surface area contributed by atoms with Crippen LogP contribution in [0.5, 0.6) is 5.75 Å². The lowest BCUT2D eigenvalue weighted by Gasteiger charge is -2.13. The number of thioether (sulfide) groups is 1. The maximum atomic E-state index is 12.3. The maximum Gasteiger partial charge on any atom is 0.255 e. The molecule has 2 rings (SSSR count). The van der Waals surface area contributed by atoms with E-state index in [1.165, 1.54) is 11.8 Å². The number of carbonyl (C=O) groups is 2. The highest BCUT2D eigenvalue weighted by molar-refractivity contribution is 8.00. The lowest BCUT2D eigenvalue weighted by atomic mass is 10.3. The van der Waals surface area contributed by atoms with Crippen molar-refractivity contribution in [3.05, 3.63) is 52.5 Å². The van der Waals surface area contributed by atoms with Crippen molar-refractivity contribution in [3.8, 4) is 5.75 Å². The van der Waals surface area contributed by atoms with Crippen molar-refractivity contribution in [3.63, 3.8) is 0 Å². The van der Waals surface area contributed by atoms with E-state index in [1.54, 1.807) is 49.4 Å². The Kier molecular flexibility index (Phi) is 6.99. The first-order valence-corrected chi connectivity index (χ1v) is 8.92. The average Bonchev–Trinajstić information content (AvgIpc) is 2.57. The molecule has 0 aliphatic heterocycles. The number of carbonyl (C=O) groups excluding carboxylic acids is 2. The predicted molar refractivity (Wildman–Crippen MR) is 102 cm³/mol. The molecular formula is C17H16Cl2N2O3S. The van der Waals surface area contributed by atoms with Gasteiger partial charge >= 0.3 is 0 Å². The molecule has 0 spiro atoms. The third-order valence-electron chi connectivity index (χ3n) is 3.07. The normalized spacial score (nSPS) is 11.6. The number of benzene rings is 2. The lowest BCUT2D eigenvalue weighted by molar-refractivity contribution is -0.120. The van der Waals surface area contributed by atoms with E-state index in [4.69, 9.17) is 33.7 Å². The van der Waals surface area contributed by atoms with Crippen molar-refractivity contribution in [2.75, 3.05) is 11.9 Å². The second kappa shape index (κ2) is 8.99. The molecule has 0 radical (unpaired) electrons. The molecule has 5 nitrogen and oxygen atoms in total. The van der Waals surface area contributed by atoms with Gasteiger partial charge in [-0.3, -0.25) is 9.59 Å². The van der Waals surface area contributed by atoms with E-state index in [0.29, 0.717) is 21.5 Å². The molecule has 1 atom stereocenters. The summed E-state index contributed by atoms with van der Waals surface area (Å²) in [6.07, 6.45) is 0. The van der Waals surface area contributed by atoms with Gasteiger partial charge in [0, 0.05) is 15.6 Å². The standard InChI is InChI=1S/C17H16Cl2N2O3S/c1-10(25-15-8-11(18)2-7-14(15)19)17(23)21-12-3-5-13(6-4-12)24-9-16(20)22/h2-8,10H,9H2,1H3,(H2,20,22)(H,21,23). The van der Waals surface area contributed by atoms with Gasteiger partial charge in [0.15, 0.2) is 6.61 Å². The first kappa shape index (κ1) is 19.4. The SMILES string of the molecule is CC(Sc1cc(Cl)ccc1Cl)C(=O)Nc1ccc(OCC(N)=O)cc1. The van der Waals surface area contributed by atoms with E-state index < -0.39 is 5.91 Å². The molecule has 25 heavy (non-hydrogen) atoms. The van der Waals surface area contributed by atoms with Crippen molar-refractivity contribution < 1.29 is 14.3 Å². The van der Waals surface area contributed by atoms with Crippen LogP contribution >= 0.6 is 35.0 Å². The Morgan fingerprint density at radius 3 is 2.52 bits per heavy atom. The Bertz CT molecular complexity index is 769. The van der Waals surface area contributed by atoms with Crippen LogP contribution in [0.25, 0.3) is 0 Å². The van der Waals surface area contributed by atoms with Crippen LogP contribution in [0.3, 0.4) is 0 Å². The predicted octanol–water partition coefficient (Wildman–Crippen LogP) is 3.98. The van der Waals surface area contributed by atoms with Gasteiger partial charge in [-0.15, -0.1) is 11.8 Å². The van der Waals surface area contributed by atoms with Crippen LogP contribution in [0.1, 0.15) is 6.92 Å². The summed E-state index contributed by atoms with van der Waals surface area (Å²) in [4.78, 5) is 23.7. The molecular weight excluding hydrogens is 383 g/mol. The fourth-order valence-electron chi connectivity index (χ4n) is 1.84. The molecule has 2 amide bonds. The summed E-state index contributed by atoms with van der Waals surface area (Å²) in [5.74, 6) is -0.236. The number of halogens is 2. The van der Waals surface area contributed by atoms with Crippen molar-refractivity contribution in [1.82, 2.24) is 0 Å². The molecule has 3 N–H and O–H groups in total. The van der Waals surface area contributed by atoms with E-state index in [2.05, 4.69) is 5.32 Å². The smallest absolute Gasteiger partial charge is 0.255 e. The molecule has 8 heteroatoms. The van der Waals surface area contributed by atoms with Gasteiger partial charge in [-0.05, 0) is 49.4 Å². The van der Waals surface area contributed by atoms with Crippen LogP contribution in [-0.4, -0.2) is 23.7 Å². The van der Waals surface area contributed by atoms with E-state index >= 15 is 0 Å². The molecule has 0 heterocycles. The first-order valence-electron chi connectivity index (χ1n) is 7.29. The van der Waals surface area contributed by atoms with Crippen LogP contribution in [0.15, 0.2) is 47.4 Å². The van der Waals surface area contributed by atoms with Crippen LogP contribution in [0.2, 0.25) is 10.0 Å². The highest BCUT2D eigenvalue weighted by Gasteiger charge is 2.16. The zero-order valence-corrected chi connectivity index (χ0v) is 15.6. The summed E-state index contributed by atoms with van der Waals surface area (Å²) in [6.45, 7) is 1.58. The molecule has 2 aromatic rings. The van der Waals surface area contributed by atoms with Crippen molar-refractivity contribution >= 4 is 52.5 Å². The second-order valence-electron chi connectivity index (χ2n) is 5.10. The number of anilines is 1.